The van der Waals surface area contributed by atoms with Gasteiger partial charge in [-0.25, -0.2) is 0 Å². The topological polar surface area (TPSA) is 57.1 Å². The molecule has 4 nitrogen and oxygen atoms in total. The molecule has 0 spiro atoms. The molecular formula is C23H28N2O2S. The molecule has 0 aliphatic heterocycles. The van der Waals surface area contributed by atoms with Crippen LogP contribution < -0.4 is 10.3 Å². The van der Waals surface area contributed by atoms with Gasteiger partial charge in [-0.3, -0.25) is 4.79 Å². The van der Waals surface area contributed by atoms with E-state index in [1.165, 1.54) is 0 Å². The zero-order valence-electron chi connectivity index (χ0n) is 17.4. The van der Waals surface area contributed by atoms with Crippen molar-refractivity contribution < 1.29 is 4.55 Å². The lowest BCUT2D eigenvalue weighted by Gasteiger charge is -2.27. The predicted octanol–water partition coefficient (Wildman–Crippen LogP) is 4.63. The second-order valence-electron chi connectivity index (χ2n) is 8.30. The Hall–Kier alpha value is -2.08. The maximum absolute atomic E-state index is 13.1. The van der Waals surface area contributed by atoms with Gasteiger partial charge in [0.1, 0.15) is 4.75 Å². The normalized spacial score (nSPS) is 14.2. The third-order valence-corrected chi connectivity index (χ3v) is 6.59. The van der Waals surface area contributed by atoms with Crippen LogP contribution in [0.25, 0.3) is 22.0 Å². The lowest BCUT2D eigenvalue weighted by Crippen LogP contribution is -2.40. The number of aromatic nitrogens is 1. The largest absolute Gasteiger partial charge is 0.598 e. The number of hydrogen-bond acceptors (Lipinski definition) is 3. The average Bonchev–Trinajstić information content (AvgIpc) is 2.64. The summed E-state index contributed by atoms with van der Waals surface area (Å²) in [5.74, 6) is 0. The predicted molar refractivity (Wildman–Crippen MR) is 119 cm³/mol. The highest BCUT2D eigenvalue weighted by Gasteiger charge is 2.29. The number of aryl methyl sites for hydroxylation is 1. The van der Waals surface area contributed by atoms with Crippen LogP contribution in [-0.4, -0.2) is 13.9 Å². The van der Waals surface area contributed by atoms with E-state index in [9.17, 15) is 9.35 Å². The zero-order valence-corrected chi connectivity index (χ0v) is 18.2. The van der Waals surface area contributed by atoms with Gasteiger partial charge in [-0.05, 0) is 68.8 Å². The summed E-state index contributed by atoms with van der Waals surface area (Å²) >= 11 is -1.20. The first-order valence-electron chi connectivity index (χ1n) is 9.47. The Bertz CT molecular complexity index is 1050. The molecule has 3 aromatic rings. The Morgan fingerprint density at radius 3 is 2.32 bits per heavy atom. The van der Waals surface area contributed by atoms with E-state index in [4.69, 9.17) is 0 Å². The van der Waals surface area contributed by atoms with Gasteiger partial charge in [-0.1, -0.05) is 36.4 Å². The molecule has 1 aromatic heterocycles. The van der Waals surface area contributed by atoms with Crippen molar-refractivity contribution >= 4 is 22.1 Å². The molecule has 1 N–H and O–H groups in total. The van der Waals surface area contributed by atoms with Crippen LogP contribution in [0, 0.1) is 6.92 Å². The highest BCUT2D eigenvalue weighted by molar-refractivity contribution is 7.90. The summed E-state index contributed by atoms with van der Waals surface area (Å²) in [5.41, 5.74) is 3.84. The number of nitrogens with one attached hydrogen (secondary N) is 1. The highest BCUT2D eigenvalue weighted by Crippen LogP contribution is 2.29. The fourth-order valence-corrected chi connectivity index (χ4v) is 4.13. The first-order chi connectivity index (χ1) is 13.1. The van der Waals surface area contributed by atoms with Gasteiger partial charge >= 0.3 is 0 Å². The van der Waals surface area contributed by atoms with Crippen molar-refractivity contribution in [1.29, 1.82) is 0 Å². The number of fused-ring (bicyclic) bond motifs is 1. The van der Waals surface area contributed by atoms with Gasteiger partial charge in [0.2, 0.25) is 0 Å². The average molecular weight is 397 g/mol. The molecule has 0 aliphatic rings. The summed E-state index contributed by atoms with van der Waals surface area (Å²) in [6.07, 6.45) is 0. The molecule has 28 heavy (non-hydrogen) atoms. The van der Waals surface area contributed by atoms with Crippen LogP contribution in [0.15, 0.2) is 53.3 Å². The zero-order chi connectivity index (χ0) is 20.6. The number of pyridine rings is 1. The summed E-state index contributed by atoms with van der Waals surface area (Å²) in [7, 11) is 1.81. The Kier molecular flexibility index (Phi) is 5.71. The molecular weight excluding hydrogens is 368 g/mol. The summed E-state index contributed by atoms with van der Waals surface area (Å²) in [6.45, 7) is 9.82. The monoisotopic (exact) mass is 396 g/mol. The van der Waals surface area contributed by atoms with E-state index < -0.39 is 11.4 Å². The fraction of sp³-hybridized carbons (Fsp3) is 0.348. The molecule has 148 valence electrons. The summed E-state index contributed by atoms with van der Waals surface area (Å²) in [6, 6.07) is 15.8. The van der Waals surface area contributed by atoms with Crippen LogP contribution in [0.2, 0.25) is 0 Å². The van der Waals surface area contributed by atoms with Gasteiger partial charge in [-0.15, -0.1) is 4.72 Å². The third kappa shape index (κ3) is 4.02. The van der Waals surface area contributed by atoms with Crippen molar-refractivity contribution in [3.63, 3.8) is 0 Å². The van der Waals surface area contributed by atoms with Crippen LogP contribution in [0.4, 0.5) is 0 Å². The van der Waals surface area contributed by atoms with Gasteiger partial charge in [0.25, 0.3) is 5.56 Å². The van der Waals surface area contributed by atoms with Gasteiger partial charge < -0.3 is 9.12 Å². The van der Waals surface area contributed by atoms with Gasteiger partial charge in [0.05, 0.1) is 11.7 Å². The number of hydrogen-bond donors (Lipinski definition) is 1. The van der Waals surface area contributed by atoms with Crippen LogP contribution in [0.3, 0.4) is 0 Å². The summed E-state index contributed by atoms with van der Waals surface area (Å²) in [4.78, 5) is 13.1. The third-order valence-electron chi connectivity index (χ3n) is 4.91. The standard InChI is InChI=1S/C23H28N2O2S/c1-15-12-18(16(2)24-28(27)23(3,4)5)19-14-21(17-10-8-7-9-11-17)25(6)22(26)20(19)13-15/h7-14,16,24H,1-6H3/t16?,28-/m1/s1. The quantitative estimate of drug-likeness (QED) is 0.654. The molecule has 2 atom stereocenters. The molecule has 0 saturated heterocycles. The van der Waals surface area contributed by atoms with E-state index in [0.717, 1.165) is 27.8 Å². The van der Waals surface area contributed by atoms with Crippen LogP contribution in [0.1, 0.15) is 44.9 Å². The smallest absolute Gasteiger partial charge is 0.258 e. The molecule has 2 aromatic carbocycles. The SMILES string of the molecule is Cc1cc(C(C)N[S@+]([O-])C(C)(C)C)c2cc(-c3ccccc3)n(C)c(=O)c2c1. The van der Waals surface area contributed by atoms with E-state index in [1.54, 1.807) is 4.57 Å². The molecule has 0 saturated carbocycles. The molecule has 0 bridgehead atoms. The van der Waals surface area contributed by atoms with Crippen molar-refractivity contribution in [2.75, 3.05) is 0 Å². The van der Waals surface area contributed by atoms with Gasteiger partial charge in [0, 0.05) is 23.8 Å². The van der Waals surface area contributed by atoms with Crippen molar-refractivity contribution in [1.82, 2.24) is 9.29 Å². The summed E-state index contributed by atoms with van der Waals surface area (Å²) < 4.78 is 17.2. The van der Waals surface area contributed by atoms with Gasteiger partial charge in [-0.2, -0.15) is 0 Å². The minimum Gasteiger partial charge on any atom is -0.598 e. The van der Waals surface area contributed by atoms with E-state index in [1.807, 2.05) is 78.1 Å². The molecule has 1 heterocycles. The van der Waals surface area contributed by atoms with Crippen molar-refractivity contribution in [3.05, 3.63) is 70.0 Å². The van der Waals surface area contributed by atoms with Crippen LogP contribution in [0.5, 0.6) is 0 Å². The van der Waals surface area contributed by atoms with E-state index in [0.29, 0.717) is 5.39 Å². The van der Waals surface area contributed by atoms with Crippen molar-refractivity contribution in [2.45, 2.75) is 45.4 Å². The second kappa shape index (κ2) is 7.74. The van der Waals surface area contributed by atoms with Crippen molar-refractivity contribution in [2.24, 2.45) is 7.05 Å². The highest BCUT2D eigenvalue weighted by atomic mass is 32.2. The number of rotatable bonds is 4. The van der Waals surface area contributed by atoms with Crippen molar-refractivity contribution in [3.8, 4) is 11.3 Å². The minimum absolute atomic E-state index is 0.0227. The first kappa shape index (κ1) is 20.6. The molecule has 5 heteroatoms. The number of benzene rings is 2. The lowest BCUT2D eigenvalue weighted by molar-refractivity contribution is 0.532. The molecule has 0 radical (unpaired) electrons. The fourth-order valence-electron chi connectivity index (χ4n) is 3.33. The Balaban J connectivity index is 2.21. The Labute approximate surface area is 169 Å². The molecule has 0 amide bonds. The maximum atomic E-state index is 13.1. The van der Waals surface area contributed by atoms with E-state index >= 15 is 0 Å². The van der Waals surface area contributed by atoms with Gasteiger partial charge in [0.15, 0.2) is 0 Å². The maximum Gasteiger partial charge on any atom is 0.258 e. The number of nitrogens with zero attached hydrogens (tertiary/aromatic N) is 1. The molecule has 3 rings (SSSR count). The first-order valence-corrected chi connectivity index (χ1v) is 10.6. The summed E-state index contributed by atoms with van der Waals surface area (Å²) in [5, 5.41) is 1.59. The Morgan fingerprint density at radius 2 is 1.71 bits per heavy atom. The van der Waals surface area contributed by atoms with Crippen LogP contribution in [-0.2, 0) is 18.4 Å². The lowest BCUT2D eigenvalue weighted by atomic mass is 9.96. The minimum atomic E-state index is -1.20. The van der Waals surface area contributed by atoms with E-state index in [2.05, 4.69) is 16.9 Å². The van der Waals surface area contributed by atoms with Crippen LogP contribution >= 0.6 is 0 Å². The molecule has 0 aliphatic carbocycles. The molecule has 1 unspecified atom stereocenters. The molecule has 0 fully saturated rings. The Morgan fingerprint density at radius 1 is 1.07 bits per heavy atom. The second-order valence-corrected chi connectivity index (χ2v) is 10.3. The van der Waals surface area contributed by atoms with E-state index in [-0.39, 0.29) is 16.3 Å².